The van der Waals surface area contributed by atoms with Crippen LogP contribution in [0.2, 0.25) is 0 Å². The van der Waals surface area contributed by atoms with E-state index in [1.165, 1.54) is 0 Å². The number of anilines is 2. The van der Waals surface area contributed by atoms with Crippen LogP contribution in [0, 0.1) is 0 Å². The Morgan fingerprint density at radius 3 is 2.48 bits per heavy atom. The van der Waals surface area contributed by atoms with Gasteiger partial charge in [0.05, 0.1) is 12.2 Å². The molecule has 2 amide bonds. The molecule has 2 aromatic rings. The minimum absolute atomic E-state index is 0.0342. The zero-order chi connectivity index (χ0) is 20.2. The van der Waals surface area contributed by atoms with Gasteiger partial charge in [0.15, 0.2) is 0 Å². The molecule has 0 bridgehead atoms. The highest BCUT2D eigenvalue weighted by atomic mass is 16.5. The zero-order valence-corrected chi connectivity index (χ0v) is 16.7. The Labute approximate surface area is 170 Å². The molecule has 2 aliphatic heterocycles. The van der Waals surface area contributed by atoms with Gasteiger partial charge in [-0.25, -0.2) is 4.98 Å². The number of para-hydroxylation sites is 2. The van der Waals surface area contributed by atoms with Gasteiger partial charge in [0.2, 0.25) is 11.8 Å². The van der Waals surface area contributed by atoms with Crippen molar-refractivity contribution in [2.24, 2.45) is 0 Å². The number of piperazine rings is 1. The summed E-state index contributed by atoms with van der Waals surface area (Å²) in [6.07, 6.45) is 2.16. The maximum atomic E-state index is 12.8. The lowest BCUT2D eigenvalue weighted by Gasteiger charge is -2.36. The van der Waals surface area contributed by atoms with E-state index in [0.717, 1.165) is 30.3 Å². The van der Waals surface area contributed by atoms with Crippen molar-refractivity contribution in [1.82, 2.24) is 9.88 Å². The number of rotatable bonds is 4. The molecule has 1 aromatic carbocycles. The maximum absolute atomic E-state index is 12.8. The highest BCUT2D eigenvalue weighted by molar-refractivity contribution is 5.97. The number of amides is 2. The van der Waals surface area contributed by atoms with Gasteiger partial charge >= 0.3 is 0 Å². The van der Waals surface area contributed by atoms with Gasteiger partial charge in [0.1, 0.15) is 17.7 Å². The van der Waals surface area contributed by atoms with Crippen LogP contribution in [0.4, 0.5) is 11.5 Å². The van der Waals surface area contributed by atoms with Crippen molar-refractivity contribution in [2.75, 3.05) is 42.5 Å². The van der Waals surface area contributed by atoms with Gasteiger partial charge in [-0.2, -0.15) is 0 Å². The number of carbonyl (C=O) groups excluding carboxylic acids is 2. The summed E-state index contributed by atoms with van der Waals surface area (Å²) in [6.45, 7) is 5.27. The second-order valence-corrected chi connectivity index (χ2v) is 7.46. The summed E-state index contributed by atoms with van der Waals surface area (Å²) in [5.41, 5.74) is 0.784. The molecule has 29 heavy (non-hydrogen) atoms. The predicted octanol–water partition coefficient (Wildman–Crippen LogP) is 2.32. The van der Waals surface area contributed by atoms with E-state index in [4.69, 9.17) is 4.74 Å². The number of hydrogen-bond donors (Lipinski definition) is 0. The Morgan fingerprint density at radius 2 is 1.72 bits per heavy atom. The van der Waals surface area contributed by atoms with E-state index in [1.54, 1.807) is 11.1 Å². The Morgan fingerprint density at radius 1 is 1.00 bits per heavy atom. The summed E-state index contributed by atoms with van der Waals surface area (Å²) in [4.78, 5) is 35.6. The second kappa shape index (κ2) is 8.51. The lowest BCUT2D eigenvalue weighted by atomic mass is 10.1. The summed E-state index contributed by atoms with van der Waals surface area (Å²) in [5, 5.41) is 0. The summed E-state index contributed by atoms with van der Waals surface area (Å²) < 4.78 is 5.80. The van der Waals surface area contributed by atoms with Gasteiger partial charge in [-0.05, 0) is 31.2 Å². The molecule has 3 heterocycles. The third-order valence-electron chi connectivity index (χ3n) is 5.38. The van der Waals surface area contributed by atoms with Gasteiger partial charge in [0.25, 0.3) is 0 Å². The van der Waals surface area contributed by atoms with Crippen LogP contribution in [0.3, 0.4) is 0 Å². The quantitative estimate of drug-likeness (QED) is 0.796. The third-order valence-corrected chi connectivity index (χ3v) is 5.38. The number of ether oxygens (including phenoxy) is 1. The van der Waals surface area contributed by atoms with Crippen LogP contribution in [0.1, 0.15) is 19.8 Å². The molecule has 0 unspecified atom stereocenters. The van der Waals surface area contributed by atoms with E-state index >= 15 is 0 Å². The number of fused-ring (bicyclic) bond motifs is 1. The molecular formula is C22H26N4O3. The molecule has 7 heteroatoms. The number of hydrogen-bond acceptors (Lipinski definition) is 5. The first-order valence-corrected chi connectivity index (χ1v) is 10.1. The molecule has 152 valence electrons. The number of nitrogens with zero attached hydrogens (tertiary/aromatic N) is 4. The van der Waals surface area contributed by atoms with E-state index < -0.39 is 0 Å². The third kappa shape index (κ3) is 4.34. The molecule has 2 aliphatic rings. The van der Waals surface area contributed by atoms with Gasteiger partial charge in [0, 0.05) is 45.2 Å². The van der Waals surface area contributed by atoms with Crippen LogP contribution >= 0.6 is 0 Å². The smallest absolute Gasteiger partial charge is 0.227 e. The van der Waals surface area contributed by atoms with E-state index in [9.17, 15) is 9.59 Å². The van der Waals surface area contributed by atoms with Crippen LogP contribution in [0.15, 0.2) is 48.7 Å². The van der Waals surface area contributed by atoms with Gasteiger partial charge in [-0.3, -0.25) is 9.59 Å². The van der Waals surface area contributed by atoms with Crippen LogP contribution in [0.25, 0.3) is 0 Å². The summed E-state index contributed by atoms with van der Waals surface area (Å²) >= 11 is 0. The Balaban J connectivity index is 1.30. The van der Waals surface area contributed by atoms with Crippen LogP contribution < -0.4 is 14.5 Å². The number of carbonyl (C=O) groups is 2. The van der Waals surface area contributed by atoms with Crippen molar-refractivity contribution in [3.05, 3.63) is 48.7 Å². The molecule has 1 atom stereocenters. The highest BCUT2D eigenvalue weighted by Gasteiger charge is 2.28. The number of pyridine rings is 1. The fraction of sp³-hybridized carbons (Fsp3) is 0.409. The van der Waals surface area contributed by atoms with Gasteiger partial charge in [-0.1, -0.05) is 18.2 Å². The van der Waals surface area contributed by atoms with Crippen molar-refractivity contribution in [1.29, 1.82) is 0 Å². The first-order chi connectivity index (χ1) is 14.1. The molecule has 1 aromatic heterocycles. The minimum atomic E-state index is -0.0655. The summed E-state index contributed by atoms with van der Waals surface area (Å²) in [6, 6.07) is 13.4. The molecule has 0 aliphatic carbocycles. The van der Waals surface area contributed by atoms with Crippen molar-refractivity contribution >= 4 is 23.3 Å². The van der Waals surface area contributed by atoms with Gasteiger partial charge in [-0.15, -0.1) is 0 Å². The normalized spacial score (nSPS) is 18.8. The number of aromatic nitrogens is 1. The van der Waals surface area contributed by atoms with Crippen LogP contribution in [0.5, 0.6) is 5.75 Å². The van der Waals surface area contributed by atoms with Crippen molar-refractivity contribution in [2.45, 2.75) is 25.9 Å². The molecule has 1 fully saturated rings. The van der Waals surface area contributed by atoms with E-state index in [2.05, 4.69) is 9.88 Å². The molecule has 0 spiro atoms. The lowest BCUT2D eigenvalue weighted by molar-refractivity contribution is -0.133. The fourth-order valence-electron chi connectivity index (χ4n) is 3.86. The lowest BCUT2D eigenvalue weighted by Crippen LogP contribution is -2.49. The number of benzene rings is 1. The Hall–Kier alpha value is -3.09. The SMILES string of the molecule is C[C@@H]1CN(C(=O)CCC(=O)N2CCN(c3ccccn3)CC2)c2ccccc2O1. The standard InChI is InChI=1S/C22H26N4O3/c1-17-16-26(18-6-2-3-7-19(18)29-17)22(28)10-9-21(27)25-14-12-24(13-15-25)20-8-4-5-11-23-20/h2-8,11,17H,9-10,12-16H2,1H3/t17-/m1/s1. The van der Waals surface area contributed by atoms with Crippen molar-refractivity contribution in [3.8, 4) is 5.75 Å². The van der Waals surface area contributed by atoms with Crippen LogP contribution in [-0.2, 0) is 9.59 Å². The summed E-state index contributed by atoms with van der Waals surface area (Å²) in [7, 11) is 0. The largest absolute Gasteiger partial charge is 0.487 e. The van der Waals surface area contributed by atoms with Gasteiger partial charge < -0.3 is 19.4 Å². The molecule has 7 nitrogen and oxygen atoms in total. The molecule has 1 saturated heterocycles. The Bertz CT molecular complexity index is 865. The maximum Gasteiger partial charge on any atom is 0.227 e. The molecule has 0 saturated carbocycles. The first kappa shape index (κ1) is 19.2. The minimum Gasteiger partial charge on any atom is -0.487 e. The van der Waals surface area contributed by atoms with E-state index in [0.29, 0.717) is 19.6 Å². The topological polar surface area (TPSA) is 66.0 Å². The average molecular weight is 394 g/mol. The van der Waals surface area contributed by atoms with Crippen molar-refractivity contribution < 1.29 is 14.3 Å². The molecule has 4 rings (SSSR count). The molecular weight excluding hydrogens is 368 g/mol. The monoisotopic (exact) mass is 394 g/mol. The highest BCUT2D eigenvalue weighted by Crippen LogP contribution is 2.33. The predicted molar refractivity (Wildman–Crippen MR) is 111 cm³/mol. The van der Waals surface area contributed by atoms with Crippen LogP contribution in [-0.4, -0.2) is 60.5 Å². The average Bonchev–Trinajstić information content (AvgIpc) is 2.77. The van der Waals surface area contributed by atoms with E-state index in [-0.39, 0.29) is 30.8 Å². The Kier molecular flexibility index (Phi) is 5.64. The van der Waals surface area contributed by atoms with E-state index in [1.807, 2.05) is 54.3 Å². The van der Waals surface area contributed by atoms with Crippen molar-refractivity contribution in [3.63, 3.8) is 0 Å². The summed E-state index contributed by atoms with van der Waals surface area (Å²) in [5.74, 6) is 1.66. The first-order valence-electron chi connectivity index (χ1n) is 10.1. The second-order valence-electron chi connectivity index (χ2n) is 7.46. The molecule has 0 N–H and O–H groups in total. The zero-order valence-electron chi connectivity index (χ0n) is 16.7. The molecule has 0 radical (unpaired) electrons. The fourth-order valence-corrected chi connectivity index (χ4v) is 3.86.